The highest BCUT2D eigenvalue weighted by molar-refractivity contribution is 9.10. The van der Waals surface area contributed by atoms with E-state index in [0.29, 0.717) is 11.6 Å². The van der Waals surface area contributed by atoms with Crippen molar-refractivity contribution in [3.63, 3.8) is 0 Å². The third-order valence-corrected chi connectivity index (χ3v) is 3.71. The zero-order chi connectivity index (χ0) is 12.4. The van der Waals surface area contributed by atoms with Crippen molar-refractivity contribution in [2.45, 2.75) is 13.3 Å². The van der Waals surface area contributed by atoms with Gasteiger partial charge in [0.05, 0.1) is 10.2 Å². The van der Waals surface area contributed by atoms with Crippen LogP contribution in [0.15, 0.2) is 16.6 Å². The van der Waals surface area contributed by atoms with Crippen molar-refractivity contribution in [3.8, 4) is 0 Å². The molecule has 4 N–H and O–H groups in total. The van der Waals surface area contributed by atoms with E-state index in [0.717, 1.165) is 20.4 Å². The molecule has 7 heteroatoms. The van der Waals surface area contributed by atoms with Crippen LogP contribution in [0.5, 0.6) is 0 Å². The van der Waals surface area contributed by atoms with Crippen molar-refractivity contribution in [1.29, 1.82) is 0 Å². The topological polar surface area (TPSA) is 80.0 Å². The molecule has 1 heterocycles. The van der Waals surface area contributed by atoms with Crippen molar-refractivity contribution in [1.82, 2.24) is 4.98 Å². The molecule has 0 aliphatic carbocycles. The Morgan fingerprint density at radius 1 is 1.59 bits per heavy atom. The number of fused-ring (bicyclic) bond motifs is 1. The summed E-state index contributed by atoms with van der Waals surface area (Å²) >= 11 is 4.86. The second-order valence-electron chi connectivity index (χ2n) is 3.37. The fourth-order valence-corrected chi connectivity index (χ4v) is 2.89. The van der Waals surface area contributed by atoms with E-state index in [1.165, 1.54) is 11.3 Å². The fourth-order valence-electron chi connectivity index (χ4n) is 1.37. The van der Waals surface area contributed by atoms with Gasteiger partial charge in [-0.15, -0.1) is 0 Å². The maximum absolute atomic E-state index is 11.3. The van der Waals surface area contributed by atoms with Gasteiger partial charge < -0.3 is 5.32 Å². The molecule has 5 nitrogen and oxygen atoms in total. The number of hydrazine groups is 1. The number of aromatic nitrogens is 1. The van der Waals surface area contributed by atoms with E-state index < -0.39 is 0 Å². The third kappa shape index (κ3) is 2.56. The van der Waals surface area contributed by atoms with Gasteiger partial charge in [0, 0.05) is 16.6 Å². The van der Waals surface area contributed by atoms with Crippen LogP contribution in [-0.2, 0) is 4.79 Å². The van der Waals surface area contributed by atoms with E-state index in [9.17, 15) is 4.79 Å². The lowest BCUT2D eigenvalue weighted by Crippen LogP contribution is -2.09. The van der Waals surface area contributed by atoms with Gasteiger partial charge in [0.2, 0.25) is 5.91 Å². The second-order valence-corrected chi connectivity index (χ2v) is 5.25. The molecule has 0 spiro atoms. The van der Waals surface area contributed by atoms with Crippen LogP contribution in [0, 0.1) is 0 Å². The molecule has 2 rings (SSSR count). The molecule has 1 aromatic carbocycles. The largest absolute Gasteiger partial charge is 0.326 e. The molecule has 90 valence electrons. The van der Waals surface area contributed by atoms with Crippen molar-refractivity contribution in [2.24, 2.45) is 5.84 Å². The number of nitrogens with zero attached hydrogens (tertiary/aromatic N) is 1. The van der Waals surface area contributed by atoms with E-state index in [1.54, 1.807) is 0 Å². The molecule has 0 bridgehead atoms. The van der Waals surface area contributed by atoms with Gasteiger partial charge in [-0.3, -0.25) is 10.2 Å². The summed E-state index contributed by atoms with van der Waals surface area (Å²) in [5.41, 5.74) is 4.10. The first-order chi connectivity index (χ1) is 8.13. The number of rotatable bonds is 3. The standard InChI is InChI=1S/C10H11BrN4OS/c1-2-8(16)13-5-3-6(11)9-7(4-5)17-10(14-9)15-12/h3-4H,2,12H2,1H3,(H,13,16)(H,14,15). The van der Waals surface area contributed by atoms with Gasteiger partial charge in [0.25, 0.3) is 0 Å². The Morgan fingerprint density at radius 3 is 3.00 bits per heavy atom. The molecule has 0 aliphatic heterocycles. The number of benzene rings is 1. The number of nitrogen functional groups attached to an aromatic ring is 1. The Hall–Kier alpha value is -1.18. The highest BCUT2D eigenvalue weighted by Crippen LogP contribution is 2.33. The quantitative estimate of drug-likeness (QED) is 0.601. The molecule has 0 unspecified atom stereocenters. The van der Waals surface area contributed by atoms with Crippen LogP contribution in [0.3, 0.4) is 0 Å². The average molecular weight is 315 g/mol. The van der Waals surface area contributed by atoms with Crippen molar-refractivity contribution < 1.29 is 4.79 Å². The van der Waals surface area contributed by atoms with Gasteiger partial charge in [0.1, 0.15) is 0 Å². The summed E-state index contributed by atoms with van der Waals surface area (Å²) < 4.78 is 1.79. The number of nitrogens with one attached hydrogen (secondary N) is 2. The lowest BCUT2D eigenvalue weighted by atomic mass is 10.3. The third-order valence-electron chi connectivity index (χ3n) is 2.18. The van der Waals surface area contributed by atoms with Crippen LogP contribution in [0.4, 0.5) is 10.8 Å². The molecule has 0 radical (unpaired) electrons. The summed E-state index contributed by atoms with van der Waals surface area (Å²) in [5.74, 6) is 5.30. The average Bonchev–Trinajstić information content (AvgIpc) is 2.72. The lowest BCUT2D eigenvalue weighted by Gasteiger charge is -2.04. The molecule has 1 aromatic heterocycles. The molecule has 0 saturated heterocycles. The smallest absolute Gasteiger partial charge is 0.224 e. The summed E-state index contributed by atoms with van der Waals surface area (Å²) in [6.45, 7) is 1.81. The van der Waals surface area contributed by atoms with Gasteiger partial charge in [-0.2, -0.15) is 0 Å². The van der Waals surface area contributed by atoms with Crippen LogP contribution < -0.4 is 16.6 Å². The minimum absolute atomic E-state index is 0.0158. The van der Waals surface area contributed by atoms with Gasteiger partial charge in [-0.05, 0) is 28.1 Å². The van der Waals surface area contributed by atoms with Gasteiger partial charge in [0.15, 0.2) is 5.13 Å². The second kappa shape index (κ2) is 4.99. The van der Waals surface area contributed by atoms with E-state index >= 15 is 0 Å². The predicted octanol–water partition coefficient (Wildman–Crippen LogP) is 2.69. The number of anilines is 2. The minimum Gasteiger partial charge on any atom is -0.326 e. The van der Waals surface area contributed by atoms with E-state index in [4.69, 9.17) is 5.84 Å². The Labute approximate surface area is 111 Å². The van der Waals surface area contributed by atoms with Crippen LogP contribution in [0.2, 0.25) is 0 Å². The molecule has 2 aromatic rings. The van der Waals surface area contributed by atoms with Crippen molar-refractivity contribution in [3.05, 3.63) is 16.6 Å². The van der Waals surface area contributed by atoms with Crippen LogP contribution in [-0.4, -0.2) is 10.9 Å². The predicted molar refractivity (Wildman–Crippen MR) is 74.1 cm³/mol. The first kappa shape index (κ1) is 12.3. The van der Waals surface area contributed by atoms with E-state index in [1.807, 2.05) is 19.1 Å². The fraction of sp³-hybridized carbons (Fsp3) is 0.200. The number of nitrogens with two attached hydrogens (primary N) is 1. The monoisotopic (exact) mass is 314 g/mol. The summed E-state index contributed by atoms with van der Waals surface area (Å²) in [7, 11) is 0. The van der Waals surface area contributed by atoms with E-state index in [-0.39, 0.29) is 5.91 Å². The number of carbonyl (C=O) groups is 1. The maximum Gasteiger partial charge on any atom is 0.224 e. The van der Waals surface area contributed by atoms with Gasteiger partial charge in [-0.1, -0.05) is 18.3 Å². The Morgan fingerprint density at radius 2 is 2.35 bits per heavy atom. The highest BCUT2D eigenvalue weighted by atomic mass is 79.9. The number of halogens is 1. The maximum atomic E-state index is 11.3. The Balaban J connectivity index is 2.43. The molecule has 0 aliphatic rings. The summed E-state index contributed by atoms with van der Waals surface area (Å²) in [6.07, 6.45) is 0.452. The van der Waals surface area contributed by atoms with Crippen LogP contribution >= 0.6 is 27.3 Å². The first-order valence-corrected chi connectivity index (χ1v) is 6.61. The zero-order valence-electron chi connectivity index (χ0n) is 9.08. The number of thiazole rings is 1. The molecular formula is C10H11BrN4OS. The minimum atomic E-state index is -0.0158. The Kier molecular flexibility index (Phi) is 3.60. The van der Waals surface area contributed by atoms with Gasteiger partial charge >= 0.3 is 0 Å². The molecular weight excluding hydrogens is 304 g/mol. The molecule has 0 fully saturated rings. The number of hydrogen-bond acceptors (Lipinski definition) is 5. The van der Waals surface area contributed by atoms with Crippen molar-refractivity contribution in [2.75, 3.05) is 10.7 Å². The van der Waals surface area contributed by atoms with E-state index in [2.05, 4.69) is 31.7 Å². The normalized spacial score (nSPS) is 10.5. The number of amides is 1. The summed E-state index contributed by atoms with van der Waals surface area (Å²) in [4.78, 5) is 15.6. The highest BCUT2D eigenvalue weighted by Gasteiger charge is 2.09. The van der Waals surface area contributed by atoms with Gasteiger partial charge in [-0.25, -0.2) is 10.8 Å². The SMILES string of the molecule is CCC(=O)Nc1cc(Br)c2nc(NN)sc2c1. The zero-order valence-corrected chi connectivity index (χ0v) is 11.5. The molecule has 1 amide bonds. The molecule has 17 heavy (non-hydrogen) atoms. The van der Waals surface area contributed by atoms with Crippen molar-refractivity contribution >= 4 is 54.2 Å². The lowest BCUT2D eigenvalue weighted by molar-refractivity contribution is -0.115. The Bertz CT molecular complexity index is 569. The molecule has 0 saturated carbocycles. The summed E-state index contributed by atoms with van der Waals surface area (Å²) in [6, 6.07) is 3.71. The number of hydrogen-bond donors (Lipinski definition) is 3. The number of carbonyl (C=O) groups excluding carboxylic acids is 1. The van der Waals surface area contributed by atoms with Crippen LogP contribution in [0.1, 0.15) is 13.3 Å². The molecule has 0 atom stereocenters. The summed E-state index contributed by atoms with van der Waals surface area (Å²) in [5, 5.41) is 3.45. The first-order valence-electron chi connectivity index (χ1n) is 5.00. The van der Waals surface area contributed by atoms with Crippen LogP contribution in [0.25, 0.3) is 10.2 Å².